The molecule has 0 saturated carbocycles. The summed E-state index contributed by atoms with van der Waals surface area (Å²) >= 11 is 2.09. The van der Waals surface area contributed by atoms with E-state index in [1.165, 1.54) is 37.3 Å². The van der Waals surface area contributed by atoms with Crippen molar-refractivity contribution in [3.05, 3.63) is 0 Å². The first-order valence-corrected chi connectivity index (χ1v) is 8.02. The highest BCUT2D eigenvalue weighted by Crippen LogP contribution is 2.10. The summed E-state index contributed by atoms with van der Waals surface area (Å²) in [5, 5.41) is 3.61. The van der Waals surface area contributed by atoms with Gasteiger partial charge in [-0.1, -0.05) is 34.1 Å². The Labute approximate surface area is 107 Å². The number of hydrogen-bond donors (Lipinski definition) is 1. The average molecular weight is 245 g/mol. The van der Waals surface area contributed by atoms with Gasteiger partial charge < -0.3 is 5.32 Å². The fourth-order valence-corrected chi connectivity index (χ4v) is 2.53. The van der Waals surface area contributed by atoms with E-state index >= 15 is 0 Å². The third kappa shape index (κ3) is 10.8. The lowest BCUT2D eigenvalue weighted by Gasteiger charge is -2.15. The van der Waals surface area contributed by atoms with Crippen LogP contribution in [0, 0.1) is 11.8 Å². The van der Waals surface area contributed by atoms with Gasteiger partial charge in [-0.05, 0) is 37.4 Å². The third-order valence-corrected chi connectivity index (χ3v) is 4.31. The topological polar surface area (TPSA) is 12.0 Å². The van der Waals surface area contributed by atoms with Crippen LogP contribution in [0.15, 0.2) is 0 Å². The number of thioether (sulfide) groups is 1. The summed E-state index contributed by atoms with van der Waals surface area (Å²) in [5.41, 5.74) is 0. The van der Waals surface area contributed by atoms with Crippen LogP contribution in [-0.2, 0) is 0 Å². The highest BCUT2D eigenvalue weighted by Gasteiger charge is 2.03. The van der Waals surface area contributed by atoms with Crippen LogP contribution in [0.5, 0.6) is 0 Å². The van der Waals surface area contributed by atoms with Gasteiger partial charge in [-0.15, -0.1) is 0 Å². The smallest absolute Gasteiger partial charge is 0.00582 e. The number of hydrogen-bond acceptors (Lipinski definition) is 2. The van der Waals surface area contributed by atoms with Crippen molar-refractivity contribution in [2.45, 2.75) is 59.9 Å². The molecule has 0 aromatic heterocycles. The molecular weight excluding hydrogens is 214 g/mol. The Balaban J connectivity index is 3.24. The normalized spacial score (nSPS) is 15.4. The van der Waals surface area contributed by atoms with Crippen LogP contribution in [0.3, 0.4) is 0 Å². The fraction of sp³-hybridized carbons (Fsp3) is 1.00. The van der Waals surface area contributed by atoms with Crippen LogP contribution in [0.1, 0.15) is 53.9 Å². The summed E-state index contributed by atoms with van der Waals surface area (Å²) in [6.45, 7) is 12.7. The van der Waals surface area contributed by atoms with Crippen LogP contribution >= 0.6 is 11.8 Å². The van der Waals surface area contributed by atoms with Crippen LogP contribution in [0.25, 0.3) is 0 Å². The Morgan fingerprint density at radius 3 is 2.31 bits per heavy atom. The second kappa shape index (κ2) is 10.5. The SMILES string of the molecule is CCC(C)CSCCNC(C)CCC(C)C. The van der Waals surface area contributed by atoms with Gasteiger partial charge in [-0.3, -0.25) is 0 Å². The van der Waals surface area contributed by atoms with Gasteiger partial charge in [-0.25, -0.2) is 0 Å². The molecule has 0 amide bonds. The highest BCUT2D eigenvalue weighted by atomic mass is 32.2. The van der Waals surface area contributed by atoms with Crippen molar-refractivity contribution in [1.82, 2.24) is 5.32 Å². The van der Waals surface area contributed by atoms with E-state index in [9.17, 15) is 0 Å². The molecule has 0 spiro atoms. The van der Waals surface area contributed by atoms with E-state index in [2.05, 4.69) is 51.7 Å². The van der Waals surface area contributed by atoms with E-state index in [4.69, 9.17) is 0 Å². The molecule has 0 heterocycles. The zero-order valence-electron chi connectivity index (χ0n) is 11.9. The summed E-state index contributed by atoms with van der Waals surface area (Å²) in [7, 11) is 0. The summed E-state index contributed by atoms with van der Waals surface area (Å²) in [6.07, 6.45) is 3.97. The first-order valence-electron chi connectivity index (χ1n) is 6.87. The molecule has 0 aromatic carbocycles. The molecule has 0 aliphatic rings. The van der Waals surface area contributed by atoms with Crippen molar-refractivity contribution in [2.24, 2.45) is 11.8 Å². The molecule has 98 valence electrons. The van der Waals surface area contributed by atoms with Crippen molar-refractivity contribution in [3.63, 3.8) is 0 Å². The minimum Gasteiger partial charge on any atom is -0.313 e. The molecule has 2 atom stereocenters. The average Bonchev–Trinajstić information content (AvgIpc) is 2.25. The molecule has 1 nitrogen and oxygen atoms in total. The van der Waals surface area contributed by atoms with Gasteiger partial charge in [0.2, 0.25) is 0 Å². The minimum atomic E-state index is 0.687. The maximum Gasteiger partial charge on any atom is 0.00582 e. The maximum atomic E-state index is 3.61. The zero-order valence-corrected chi connectivity index (χ0v) is 12.7. The quantitative estimate of drug-likeness (QED) is 0.580. The molecule has 0 aliphatic heterocycles. The predicted molar refractivity (Wildman–Crippen MR) is 78.3 cm³/mol. The van der Waals surface area contributed by atoms with E-state index in [-0.39, 0.29) is 0 Å². The lowest BCUT2D eigenvalue weighted by molar-refractivity contribution is 0.460. The zero-order chi connectivity index (χ0) is 12.4. The predicted octanol–water partition coefficient (Wildman–Crippen LogP) is 4.18. The van der Waals surface area contributed by atoms with Gasteiger partial charge in [0, 0.05) is 18.3 Å². The molecule has 0 aliphatic carbocycles. The van der Waals surface area contributed by atoms with Gasteiger partial charge in [0.1, 0.15) is 0 Å². The second-order valence-corrected chi connectivity index (χ2v) is 6.56. The van der Waals surface area contributed by atoms with Crippen LogP contribution < -0.4 is 5.32 Å². The van der Waals surface area contributed by atoms with Crippen molar-refractivity contribution in [1.29, 1.82) is 0 Å². The van der Waals surface area contributed by atoms with E-state index in [0.29, 0.717) is 6.04 Å². The molecule has 2 unspecified atom stereocenters. The molecule has 0 bridgehead atoms. The molecule has 1 N–H and O–H groups in total. The van der Waals surface area contributed by atoms with Gasteiger partial charge in [0.25, 0.3) is 0 Å². The molecule has 16 heavy (non-hydrogen) atoms. The Kier molecular flexibility index (Phi) is 10.7. The number of nitrogens with one attached hydrogen (secondary N) is 1. The van der Waals surface area contributed by atoms with E-state index in [0.717, 1.165) is 11.8 Å². The molecule has 0 aromatic rings. The monoisotopic (exact) mass is 245 g/mol. The van der Waals surface area contributed by atoms with Gasteiger partial charge >= 0.3 is 0 Å². The second-order valence-electron chi connectivity index (χ2n) is 5.41. The summed E-state index contributed by atoms with van der Waals surface area (Å²) in [5.74, 6) is 4.29. The Hall–Kier alpha value is 0.310. The first kappa shape index (κ1) is 16.3. The fourth-order valence-electron chi connectivity index (χ4n) is 1.47. The summed E-state index contributed by atoms with van der Waals surface area (Å²) in [4.78, 5) is 0. The Bertz CT molecular complexity index is 148. The highest BCUT2D eigenvalue weighted by molar-refractivity contribution is 7.99. The molecular formula is C14H31NS. The summed E-state index contributed by atoms with van der Waals surface area (Å²) in [6, 6.07) is 0.687. The van der Waals surface area contributed by atoms with Crippen LogP contribution in [-0.4, -0.2) is 24.1 Å². The maximum absolute atomic E-state index is 3.61. The van der Waals surface area contributed by atoms with Crippen molar-refractivity contribution in [2.75, 3.05) is 18.1 Å². The Morgan fingerprint density at radius 2 is 1.75 bits per heavy atom. The molecule has 0 radical (unpaired) electrons. The Morgan fingerprint density at radius 1 is 1.06 bits per heavy atom. The molecule has 0 fully saturated rings. The third-order valence-electron chi connectivity index (χ3n) is 3.02. The van der Waals surface area contributed by atoms with Gasteiger partial charge in [-0.2, -0.15) is 11.8 Å². The lowest BCUT2D eigenvalue weighted by atomic mass is 10.0. The van der Waals surface area contributed by atoms with E-state index < -0.39 is 0 Å². The lowest BCUT2D eigenvalue weighted by Crippen LogP contribution is -2.28. The van der Waals surface area contributed by atoms with E-state index in [1.54, 1.807) is 0 Å². The standard InChI is InChI=1S/C14H31NS/c1-6-13(4)11-16-10-9-15-14(5)8-7-12(2)3/h12-15H,6-11H2,1-5H3. The van der Waals surface area contributed by atoms with Crippen molar-refractivity contribution >= 4 is 11.8 Å². The van der Waals surface area contributed by atoms with Gasteiger partial charge in [0.05, 0.1) is 0 Å². The first-order chi connectivity index (χ1) is 7.56. The molecule has 0 rings (SSSR count). The van der Waals surface area contributed by atoms with E-state index in [1.807, 2.05) is 0 Å². The van der Waals surface area contributed by atoms with Crippen LogP contribution in [0.2, 0.25) is 0 Å². The molecule has 0 saturated heterocycles. The minimum absolute atomic E-state index is 0.687. The summed E-state index contributed by atoms with van der Waals surface area (Å²) < 4.78 is 0. The number of rotatable bonds is 10. The van der Waals surface area contributed by atoms with Crippen molar-refractivity contribution < 1.29 is 0 Å². The van der Waals surface area contributed by atoms with Crippen LogP contribution in [0.4, 0.5) is 0 Å². The largest absolute Gasteiger partial charge is 0.313 e. The molecule has 2 heteroatoms. The van der Waals surface area contributed by atoms with Crippen molar-refractivity contribution in [3.8, 4) is 0 Å². The van der Waals surface area contributed by atoms with Gasteiger partial charge in [0.15, 0.2) is 0 Å².